The molecule has 1 N–H and O–H groups in total. The number of rotatable bonds is 7. The van der Waals surface area contributed by atoms with Crippen molar-refractivity contribution in [2.24, 2.45) is 7.05 Å². The Morgan fingerprint density at radius 3 is 2.85 bits per heavy atom. The van der Waals surface area contributed by atoms with Crippen molar-refractivity contribution in [3.05, 3.63) is 46.2 Å². The van der Waals surface area contributed by atoms with Gasteiger partial charge in [-0.3, -0.25) is 4.68 Å². The Balaban J connectivity index is 2.02. The highest BCUT2D eigenvalue weighted by Gasteiger charge is 2.12. The Morgan fingerprint density at radius 2 is 2.20 bits per heavy atom. The molecule has 2 aromatic rings. The third-order valence-electron chi connectivity index (χ3n) is 3.16. The number of nitrogens with zero attached hydrogens (tertiary/aromatic N) is 3. The number of aryl methyl sites for hydroxylation is 1. The maximum atomic E-state index is 4.19. The Labute approximate surface area is 128 Å². The molecule has 0 aliphatic heterocycles. The fraction of sp³-hybridized carbons (Fsp3) is 0.467. The monoisotopic (exact) mass is 336 g/mol. The Kier molecular flexibility index (Phi) is 5.73. The van der Waals surface area contributed by atoms with Crippen LogP contribution in [0, 0.1) is 0 Å². The van der Waals surface area contributed by atoms with E-state index in [4.69, 9.17) is 0 Å². The Hall–Kier alpha value is -1.20. The predicted molar refractivity (Wildman–Crippen MR) is 84.6 cm³/mol. The first kappa shape index (κ1) is 15.2. The Bertz CT molecular complexity index is 538. The van der Waals surface area contributed by atoms with Crippen LogP contribution in [-0.4, -0.2) is 27.6 Å². The van der Waals surface area contributed by atoms with Crippen molar-refractivity contribution in [1.29, 1.82) is 0 Å². The average molecular weight is 337 g/mol. The van der Waals surface area contributed by atoms with E-state index in [0.717, 1.165) is 36.0 Å². The molecule has 1 aromatic heterocycles. The molecule has 0 bridgehead atoms. The molecule has 0 spiro atoms. The molecule has 1 unspecified atom stereocenters. The van der Waals surface area contributed by atoms with Crippen LogP contribution in [0.5, 0.6) is 0 Å². The molecule has 0 fully saturated rings. The summed E-state index contributed by atoms with van der Waals surface area (Å²) >= 11 is 3.53. The molecule has 4 nitrogen and oxygen atoms in total. The van der Waals surface area contributed by atoms with Crippen LogP contribution in [0.1, 0.15) is 24.6 Å². The molecule has 108 valence electrons. The second-order valence-corrected chi connectivity index (χ2v) is 5.99. The van der Waals surface area contributed by atoms with Gasteiger partial charge in [-0.15, -0.1) is 5.10 Å². The van der Waals surface area contributed by atoms with E-state index in [0.29, 0.717) is 6.04 Å². The summed E-state index contributed by atoms with van der Waals surface area (Å²) in [6.07, 6.45) is 5.02. The van der Waals surface area contributed by atoms with Gasteiger partial charge >= 0.3 is 0 Å². The third-order valence-corrected chi connectivity index (χ3v) is 3.65. The minimum atomic E-state index is 0.390. The molecule has 0 amide bonds. The first-order chi connectivity index (χ1) is 9.67. The SMILES string of the molecule is CCCNC(Cc1cccc(Br)c1)Cc1cn(C)nn1. The van der Waals surface area contributed by atoms with Crippen LogP contribution in [-0.2, 0) is 19.9 Å². The molecule has 20 heavy (non-hydrogen) atoms. The molecule has 0 saturated heterocycles. The van der Waals surface area contributed by atoms with Gasteiger partial charge in [0.25, 0.3) is 0 Å². The molecule has 2 rings (SSSR count). The average Bonchev–Trinajstić information content (AvgIpc) is 2.81. The standard InChI is InChI=1S/C15H21BrN4/c1-3-7-17-14(10-15-11-20(2)19-18-15)9-12-5-4-6-13(16)8-12/h4-6,8,11,14,17H,3,7,9-10H2,1-2H3. The summed E-state index contributed by atoms with van der Waals surface area (Å²) in [5.41, 5.74) is 2.37. The topological polar surface area (TPSA) is 42.7 Å². The van der Waals surface area contributed by atoms with Gasteiger partial charge in [0.15, 0.2) is 0 Å². The zero-order valence-electron chi connectivity index (χ0n) is 12.0. The normalized spacial score (nSPS) is 12.6. The van der Waals surface area contributed by atoms with Crippen molar-refractivity contribution in [2.45, 2.75) is 32.2 Å². The lowest BCUT2D eigenvalue weighted by Gasteiger charge is -2.17. The molecule has 0 radical (unpaired) electrons. The number of halogens is 1. The van der Waals surface area contributed by atoms with E-state index in [1.165, 1.54) is 5.56 Å². The van der Waals surface area contributed by atoms with E-state index in [1.807, 2.05) is 13.2 Å². The Morgan fingerprint density at radius 1 is 1.35 bits per heavy atom. The predicted octanol–water partition coefficient (Wildman–Crippen LogP) is 2.73. The molecule has 0 aliphatic carbocycles. The lowest BCUT2D eigenvalue weighted by atomic mass is 10.0. The minimum Gasteiger partial charge on any atom is -0.313 e. The van der Waals surface area contributed by atoms with E-state index in [1.54, 1.807) is 4.68 Å². The van der Waals surface area contributed by atoms with E-state index >= 15 is 0 Å². The summed E-state index contributed by atoms with van der Waals surface area (Å²) in [5, 5.41) is 11.8. The summed E-state index contributed by atoms with van der Waals surface area (Å²) in [4.78, 5) is 0. The summed E-state index contributed by atoms with van der Waals surface area (Å²) < 4.78 is 2.88. The van der Waals surface area contributed by atoms with E-state index < -0.39 is 0 Å². The third kappa shape index (κ3) is 4.72. The number of hydrogen-bond acceptors (Lipinski definition) is 3. The number of hydrogen-bond donors (Lipinski definition) is 1. The van der Waals surface area contributed by atoms with Crippen LogP contribution in [0.2, 0.25) is 0 Å². The number of aromatic nitrogens is 3. The maximum Gasteiger partial charge on any atom is 0.0842 e. The molecule has 1 heterocycles. The second-order valence-electron chi connectivity index (χ2n) is 5.07. The summed E-state index contributed by atoms with van der Waals surface area (Å²) in [5.74, 6) is 0. The van der Waals surface area contributed by atoms with Gasteiger partial charge in [-0.1, -0.05) is 40.2 Å². The highest BCUT2D eigenvalue weighted by molar-refractivity contribution is 9.10. The zero-order valence-corrected chi connectivity index (χ0v) is 13.6. The molecule has 0 aliphatic rings. The quantitative estimate of drug-likeness (QED) is 0.845. The zero-order chi connectivity index (χ0) is 14.4. The lowest BCUT2D eigenvalue weighted by Crippen LogP contribution is -2.34. The van der Waals surface area contributed by atoms with Crippen LogP contribution in [0.25, 0.3) is 0 Å². The molecule has 5 heteroatoms. The van der Waals surface area contributed by atoms with Crippen LogP contribution in [0.15, 0.2) is 34.9 Å². The molecule has 1 atom stereocenters. The first-order valence-corrected chi connectivity index (χ1v) is 7.79. The lowest BCUT2D eigenvalue weighted by molar-refractivity contribution is 0.500. The second kappa shape index (κ2) is 7.55. The van der Waals surface area contributed by atoms with Crippen LogP contribution >= 0.6 is 15.9 Å². The van der Waals surface area contributed by atoms with Crippen molar-refractivity contribution >= 4 is 15.9 Å². The largest absolute Gasteiger partial charge is 0.313 e. The van der Waals surface area contributed by atoms with Crippen molar-refractivity contribution in [3.63, 3.8) is 0 Å². The highest BCUT2D eigenvalue weighted by Crippen LogP contribution is 2.14. The van der Waals surface area contributed by atoms with E-state index in [-0.39, 0.29) is 0 Å². The minimum absolute atomic E-state index is 0.390. The van der Waals surface area contributed by atoms with Crippen LogP contribution in [0.4, 0.5) is 0 Å². The summed E-state index contributed by atoms with van der Waals surface area (Å²) in [6.45, 7) is 3.21. The van der Waals surface area contributed by atoms with Crippen molar-refractivity contribution < 1.29 is 0 Å². The number of nitrogens with one attached hydrogen (secondary N) is 1. The molecule has 0 saturated carbocycles. The van der Waals surface area contributed by atoms with Crippen molar-refractivity contribution in [2.75, 3.05) is 6.54 Å². The van der Waals surface area contributed by atoms with E-state index in [9.17, 15) is 0 Å². The molecule has 1 aromatic carbocycles. The van der Waals surface area contributed by atoms with Gasteiger partial charge in [-0.25, -0.2) is 0 Å². The fourth-order valence-electron chi connectivity index (χ4n) is 2.25. The maximum absolute atomic E-state index is 4.19. The highest BCUT2D eigenvalue weighted by atomic mass is 79.9. The smallest absolute Gasteiger partial charge is 0.0842 e. The van der Waals surface area contributed by atoms with Gasteiger partial charge in [-0.2, -0.15) is 0 Å². The van der Waals surface area contributed by atoms with Crippen LogP contribution < -0.4 is 5.32 Å². The van der Waals surface area contributed by atoms with Gasteiger partial charge in [0.2, 0.25) is 0 Å². The summed E-state index contributed by atoms with van der Waals surface area (Å²) in [6, 6.07) is 8.87. The van der Waals surface area contributed by atoms with Crippen molar-refractivity contribution in [3.8, 4) is 0 Å². The van der Waals surface area contributed by atoms with Crippen LogP contribution in [0.3, 0.4) is 0 Å². The molecular weight excluding hydrogens is 316 g/mol. The van der Waals surface area contributed by atoms with Gasteiger partial charge in [0.05, 0.1) is 5.69 Å². The van der Waals surface area contributed by atoms with Gasteiger partial charge in [-0.05, 0) is 37.1 Å². The number of benzene rings is 1. The van der Waals surface area contributed by atoms with Crippen molar-refractivity contribution in [1.82, 2.24) is 20.3 Å². The van der Waals surface area contributed by atoms with Gasteiger partial charge in [0, 0.05) is 30.2 Å². The molecular formula is C15H21BrN4. The summed E-state index contributed by atoms with van der Waals surface area (Å²) in [7, 11) is 1.90. The van der Waals surface area contributed by atoms with Gasteiger partial charge in [0.1, 0.15) is 0 Å². The van der Waals surface area contributed by atoms with Gasteiger partial charge < -0.3 is 5.32 Å². The fourth-order valence-corrected chi connectivity index (χ4v) is 2.70. The first-order valence-electron chi connectivity index (χ1n) is 7.00. The van der Waals surface area contributed by atoms with E-state index in [2.05, 4.69) is 62.7 Å².